The molecule has 1 aromatic rings. The zero-order valence-corrected chi connectivity index (χ0v) is 7.84. The van der Waals surface area contributed by atoms with E-state index in [1.54, 1.807) is 6.08 Å². The maximum atomic E-state index is 9.89. The van der Waals surface area contributed by atoms with Gasteiger partial charge in [0.05, 0.1) is 13.2 Å². The molecule has 0 heterocycles. The van der Waals surface area contributed by atoms with Crippen molar-refractivity contribution >= 4 is 12.4 Å². The second kappa shape index (κ2) is 9.64. The summed E-state index contributed by atoms with van der Waals surface area (Å²) in [5, 5.41) is 15.2. The van der Waals surface area contributed by atoms with Crippen LogP contribution >= 0.6 is 0 Å². The quantitative estimate of drug-likeness (QED) is 0.554. The van der Waals surface area contributed by atoms with Gasteiger partial charge in [-0.15, -0.1) is 0 Å². The van der Waals surface area contributed by atoms with Crippen LogP contribution in [0.1, 0.15) is 5.56 Å². The van der Waals surface area contributed by atoms with Crippen molar-refractivity contribution in [2.24, 2.45) is 0 Å². The predicted molar refractivity (Wildman–Crippen MR) is 55.7 cm³/mol. The zero-order chi connectivity index (χ0) is 10.6. The van der Waals surface area contributed by atoms with E-state index in [2.05, 4.69) is 0 Å². The molecule has 0 aliphatic heterocycles. The molecule has 0 saturated carbocycles. The number of carbonyl (C=O) groups excluding carboxylic acids is 1. The summed E-state index contributed by atoms with van der Waals surface area (Å²) in [4.78, 5) is 9.89. The number of aliphatic hydroxyl groups excluding tert-OH is 2. The van der Waals surface area contributed by atoms with E-state index in [0.29, 0.717) is 0 Å². The summed E-state index contributed by atoms with van der Waals surface area (Å²) in [7, 11) is 0. The number of allylic oxidation sites excluding steroid dienone is 1. The Bertz CT molecular complexity index is 252. The molecule has 14 heavy (non-hydrogen) atoms. The van der Waals surface area contributed by atoms with Crippen LogP contribution < -0.4 is 0 Å². The van der Waals surface area contributed by atoms with Gasteiger partial charge in [0.1, 0.15) is 6.29 Å². The highest BCUT2D eigenvalue weighted by atomic mass is 16.3. The van der Waals surface area contributed by atoms with Crippen LogP contribution in [0.3, 0.4) is 0 Å². The number of rotatable bonds is 3. The average molecular weight is 194 g/mol. The van der Waals surface area contributed by atoms with Gasteiger partial charge in [-0.1, -0.05) is 36.4 Å². The molecule has 0 aromatic heterocycles. The van der Waals surface area contributed by atoms with Crippen LogP contribution in [0.2, 0.25) is 0 Å². The second-order valence-electron chi connectivity index (χ2n) is 2.35. The van der Waals surface area contributed by atoms with Crippen molar-refractivity contribution < 1.29 is 15.0 Å². The average Bonchev–Trinajstić information content (AvgIpc) is 2.28. The van der Waals surface area contributed by atoms with E-state index < -0.39 is 0 Å². The summed E-state index contributed by atoms with van der Waals surface area (Å²) in [6, 6.07) is 9.70. The third kappa shape index (κ3) is 7.21. The van der Waals surface area contributed by atoms with E-state index >= 15 is 0 Å². The third-order valence-corrected chi connectivity index (χ3v) is 1.27. The molecule has 0 bridgehead atoms. The first kappa shape index (κ1) is 12.6. The van der Waals surface area contributed by atoms with Crippen LogP contribution in [0.5, 0.6) is 0 Å². The highest BCUT2D eigenvalue weighted by Gasteiger charge is 1.79. The van der Waals surface area contributed by atoms with Crippen molar-refractivity contribution in [2.45, 2.75) is 0 Å². The van der Waals surface area contributed by atoms with E-state index in [1.807, 2.05) is 30.3 Å². The lowest BCUT2D eigenvalue weighted by Crippen LogP contribution is -1.85. The molecular weight excluding hydrogens is 180 g/mol. The van der Waals surface area contributed by atoms with E-state index in [1.165, 1.54) is 6.08 Å². The van der Waals surface area contributed by atoms with Gasteiger partial charge in [-0.05, 0) is 11.6 Å². The number of aldehydes is 1. The lowest BCUT2D eigenvalue weighted by atomic mass is 10.2. The molecule has 3 nitrogen and oxygen atoms in total. The molecule has 0 amide bonds. The SMILES string of the molecule is O=C/C=C/c1ccccc1.OCCO. The maximum Gasteiger partial charge on any atom is 0.142 e. The molecule has 1 aromatic carbocycles. The minimum atomic E-state index is -0.125. The Kier molecular flexibility index (Phi) is 8.64. The first-order valence-electron chi connectivity index (χ1n) is 4.23. The normalized spacial score (nSPS) is 9.29. The van der Waals surface area contributed by atoms with Gasteiger partial charge in [0, 0.05) is 0 Å². The number of hydrogen-bond donors (Lipinski definition) is 2. The minimum Gasteiger partial charge on any atom is -0.394 e. The van der Waals surface area contributed by atoms with Crippen molar-refractivity contribution in [3.05, 3.63) is 42.0 Å². The topological polar surface area (TPSA) is 57.5 Å². The molecule has 1 rings (SSSR count). The Hall–Kier alpha value is -1.45. The largest absolute Gasteiger partial charge is 0.394 e. The number of benzene rings is 1. The van der Waals surface area contributed by atoms with Gasteiger partial charge < -0.3 is 10.2 Å². The van der Waals surface area contributed by atoms with E-state index in [-0.39, 0.29) is 13.2 Å². The Morgan fingerprint density at radius 3 is 2.07 bits per heavy atom. The van der Waals surface area contributed by atoms with Gasteiger partial charge in [0.2, 0.25) is 0 Å². The molecule has 0 saturated heterocycles. The fraction of sp³-hybridized carbons (Fsp3) is 0.182. The number of carbonyl (C=O) groups is 1. The van der Waals surface area contributed by atoms with Gasteiger partial charge in [-0.2, -0.15) is 0 Å². The molecule has 76 valence electrons. The Morgan fingerprint density at radius 1 is 1.07 bits per heavy atom. The molecule has 0 aliphatic rings. The fourth-order valence-corrected chi connectivity index (χ4v) is 0.715. The highest BCUT2D eigenvalue weighted by Crippen LogP contribution is 1.99. The van der Waals surface area contributed by atoms with Gasteiger partial charge >= 0.3 is 0 Å². The Labute approximate surface area is 83.3 Å². The van der Waals surface area contributed by atoms with Gasteiger partial charge in [0.25, 0.3) is 0 Å². The molecule has 0 radical (unpaired) electrons. The van der Waals surface area contributed by atoms with Crippen molar-refractivity contribution in [1.82, 2.24) is 0 Å². The minimum absolute atomic E-state index is 0.125. The maximum absolute atomic E-state index is 9.89. The van der Waals surface area contributed by atoms with Crippen molar-refractivity contribution in [3.8, 4) is 0 Å². The Balaban J connectivity index is 0.000000364. The summed E-state index contributed by atoms with van der Waals surface area (Å²) >= 11 is 0. The van der Waals surface area contributed by atoms with E-state index in [0.717, 1.165) is 11.8 Å². The highest BCUT2D eigenvalue weighted by molar-refractivity contribution is 5.73. The van der Waals surface area contributed by atoms with Crippen molar-refractivity contribution in [2.75, 3.05) is 13.2 Å². The van der Waals surface area contributed by atoms with Gasteiger partial charge in [-0.25, -0.2) is 0 Å². The fourth-order valence-electron chi connectivity index (χ4n) is 0.715. The van der Waals surface area contributed by atoms with E-state index in [4.69, 9.17) is 10.2 Å². The standard InChI is InChI=1S/C9H8O.C2H6O2/c10-8-4-7-9-5-2-1-3-6-9;3-1-2-4/h1-8H;3-4H,1-2H2/b7-4+;. The zero-order valence-electron chi connectivity index (χ0n) is 7.84. The summed E-state index contributed by atoms with van der Waals surface area (Å²) in [5.41, 5.74) is 1.05. The third-order valence-electron chi connectivity index (χ3n) is 1.27. The monoisotopic (exact) mass is 194 g/mol. The predicted octanol–water partition coefficient (Wildman–Crippen LogP) is 0.870. The van der Waals surface area contributed by atoms with Crippen LogP contribution in [0.4, 0.5) is 0 Å². The van der Waals surface area contributed by atoms with Crippen LogP contribution in [0, 0.1) is 0 Å². The molecule has 0 spiro atoms. The lowest BCUT2D eigenvalue weighted by molar-refractivity contribution is -0.104. The molecule has 0 atom stereocenters. The number of hydrogen-bond acceptors (Lipinski definition) is 3. The van der Waals surface area contributed by atoms with Crippen LogP contribution in [-0.2, 0) is 4.79 Å². The molecule has 0 fully saturated rings. The molecule has 0 aliphatic carbocycles. The molecular formula is C11H14O3. The molecule has 0 unspecified atom stereocenters. The summed E-state index contributed by atoms with van der Waals surface area (Å²) < 4.78 is 0. The summed E-state index contributed by atoms with van der Waals surface area (Å²) in [6.45, 7) is -0.250. The van der Waals surface area contributed by atoms with E-state index in [9.17, 15) is 4.79 Å². The summed E-state index contributed by atoms with van der Waals surface area (Å²) in [5.74, 6) is 0. The van der Waals surface area contributed by atoms with Crippen molar-refractivity contribution in [1.29, 1.82) is 0 Å². The summed E-state index contributed by atoms with van der Waals surface area (Å²) in [6.07, 6.45) is 4.02. The first-order valence-corrected chi connectivity index (χ1v) is 4.23. The van der Waals surface area contributed by atoms with Gasteiger partial charge in [0.15, 0.2) is 0 Å². The first-order chi connectivity index (χ1) is 6.85. The molecule has 3 heteroatoms. The molecule has 2 N–H and O–H groups in total. The second-order valence-corrected chi connectivity index (χ2v) is 2.35. The van der Waals surface area contributed by atoms with Crippen LogP contribution in [0.25, 0.3) is 6.08 Å². The van der Waals surface area contributed by atoms with Crippen LogP contribution in [0.15, 0.2) is 36.4 Å². The smallest absolute Gasteiger partial charge is 0.142 e. The van der Waals surface area contributed by atoms with Crippen LogP contribution in [-0.4, -0.2) is 29.7 Å². The lowest BCUT2D eigenvalue weighted by Gasteiger charge is -1.86. The van der Waals surface area contributed by atoms with Crippen molar-refractivity contribution in [3.63, 3.8) is 0 Å². The van der Waals surface area contributed by atoms with Gasteiger partial charge in [-0.3, -0.25) is 4.79 Å². The number of aliphatic hydroxyl groups is 2. The Morgan fingerprint density at radius 2 is 1.64 bits per heavy atom.